The first kappa shape index (κ1) is 38.8. The van der Waals surface area contributed by atoms with E-state index < -0.39 is 68.3 Å². The van der Waals surface area contributed by atoms with Crippen LogP contribution in [0.15, 0.2) is 12.2 Å². The van der Waals surface area contributed by atoms with Gasteiger partial charge in [-0.15, -0.1) is 0 Å². The minimum Gasteiger partial charge on any atom is -0.394 e. The van der Waals surface area contributed by atoms with Crippen LogP contribution in [-0.2, 0) is 14.3 Å². The van der Waals surface area contributed by atoms with E-state index in [-0.39, 0.29) is 18.9 Å². The molecule has 0 aliphatic carbocycles. The van der Waals surface area contributed by atoms with Gasteiger partial charge >= 0.3 is 0 Å². The maximum absolute atomic E-state index is 12.2. The molecule has 1 fully saturated rings. The summed E-state index contributed by atoms with van der Waals surface area (Å²) in [5.41, 5.74) is 0. The van der Waals surface area contributed by atoms with Crippen molar-refractivity contribution in [3.8, 4) is 0 Å². The van der Waals surface area contributed by atoms with Gasteiger partial charge in [0.2, 0.25) is 5.91 Å². The molecule has 12 nitrogen and oxygen atoms in total. The SMILES string of the molecule is CCCCCCCC/C=C\CCCCCCCC(=O)NC[C@H](O)[C@@H](O)[C@H](O[C@@H]1O[C@H](CO)[C@H](O)[C@H](O)[C@H]1O)[C@H](O)CO. The monoisotopic (exact) mass is 607 g/mol. The normalized spacial score (nSPS) is 25.8. The number of rotatable bonds is 24. The van der Waals surface area contributed by atoms with Gasteiger partial charge in [0.25, 0.3) is 0 Å². The fraction of sp³-hybridized carbons (Fsp3) is 0.900. The summed E-state index contributed by atoms with van der Waals surface area (Å²) >= 11 is 0. The lowest BCUT2D eigenvalue weighted by Gasteiger charge is -2.42. The molecule has 0 bridgehead atoms. The smallest absolute Gasteiger partial charge is 0.220 e. The van der Waals surface area contributed by atoms with Crippen LogP contribution in [0.1, 0.15) is 96.8 Å². The topological polar surface area (TPSA) is 209 Å². The Balaban J connectivity index is 2.28. The second kappa shape index (κ2) is 23.2. The number of nitrogens with one attached hydrogen (secondary N) is 1. The van der Waals surface area contributed by atoms with Gasteiger partial charge in [0.15, 0.2) is 6.29 Å². The van der Waals surface area contributed by atoms with Crippen LogP contribution >= 0.6 is 0 Å². The van der Waals surface area contributed by atoms with E-state index >= 15 is 0 Å². The number of aliphatic hydroxyl groups excluding tert-OH is 8. The zero-order chi connectivity index (χ0) is 31.3. The Labute approximate surface area is 250 Å². The molecule has 9 N–H and O–H groups in total. The highest BCUT2D eigenvalue weighted by Crippen LogP contribution is 2.25. The number of aliphatic hydroxyl groups is 8. The Morgan fingerprint density at radius 1 is 0.810 bits per heavy atom. The molecule has 0 aromatic carbocycles. The summed E-state index contributed by atoms with van der Waals surface area (Å²) in [5.74, 6) is -0.312. The molecule has 0 aromatic rings. The van der Waals surface area contributed by atoms with Crippen molar-refractivity contribution >= 4 is 5.91 Å². The van der Waals surface area contributed by atoms with Gasteiger partial charge in [-0.3, -0.25) is 4.79 Å². The average Bonchev–Trinajstić information content (AvgIpc) is 2.99. The second-order valence-corrected chi connectivity index (χ2v) is 11.2. The van der Waals surface area contributed by atoms with Crippen LogP contribution in [0.3, 0.4) is 0 Å². The van der Waals surface area contributed by atoms with Gasteiger partial charge in [-0.25, -0.2) is 0 Å². The van der Waals surface area contributed by atoms with E-state index in [0.29, 0.717) is 6.42 Å². The molecule has 0 radical (unpaired) electrons. The van der Waals surface area contributed by atoms with E-state index in [1.54, 1.807) is 0 Å². The molecule has 42 heavy (non-hydrogen) atoms. The van der Waals surface area contributed by atoms with Crippen molar-refractivity contribution in [3.05, 3.63) is 12.2 Å². The van der Waals surface area contributed by atoms with E-state index in [1.165, 1.54) is 38.5 Å². The fourth-order valence-electron chi connectivity index (χ4n) is 4.84. The van der Waals surface area contributed by atoms with Crippen molar-refractivity contribution in [1.29, 1.82) is 0 Å². The number of carbonyl (C=O) groups is 1. The summed E-state index contributed by atoms with van der Waals surface area (Å²) < 4.78 is 10.6. The van der Waals surface area contributed by atoms with Crippen molar-refractivity contribution in [2.24, 2.45) is 0 Å². The Morgan fingerprint density at radius 3 is 1.95 bits per heavy atom. The lowest BCUT2D eigenvalue weighted by atomic mass is 9.98. The molecule has 0 saturated carbocycles. The molecule has 1 aliphatic rings. The number of unbranched alkanes of at least 4 members (excludes halogenated alkanes) is 11. The van der Waals surface area contributed by atoms with Crippen LogP contribution in [0, 0.1) is 0 Å². The predicted molar refractivity (Wildman–Crippen MR) is 156 cm³/mol. The quantitative estimate of drug-likeness (QED) is 0.0542. The summed E-state index contributed by atoms with van der Waals surface area (Å²) in [6.45, 7) is 0.267. The highest BCUT2D eigenvalue weighted by Gasteiger charge is 2.46. The summed E-state index contributed by atoms with van der Waals surface area (Å²) in [5, 5.41) is 82.3. The van der Waals surface area contributed by atoms with Gasteiger partial charge in [-0.2, -0.15) is 0 Å². The van der Waals surface area contributed by atoms with Crippen LogP contribution in [0.2, 0.25) is 0 Å². The average molecular weight is 608 g/mol. The van der Waals surface area contributed by atoms with Crippen LogP contribution in [0.4, 0.5) is 0 Å². The molecular weight excluding hydrogens is 550 g/mol. The summed E-state index contributed by atoms with van der Waals surface area (Å²) in [7, 11) is 0. The van der Waals surface area contributed by atoms with Gasteiger partial charge in [-0.05, 0) is 32.1 Å². The first-order chi connectivity index (χ1) is 20.2. The summed E-state index contributed by atoms with van der Waals surface area (Å²) in [4.78, 5) is 12.2. The number of hydrogen-bond donors (Lipinski definition) is 9. The molecule has 9 atom stereocenters. The highest BCUT2D eigenvalue weighted by molar-refractivity contribution is 5.75. The van der Waals surface area contributed by atoms with Gasteiger partial charge < -0.3 is 55.6 Å². The van der Waals surface area contributed by atoms with E-state index in [2.05, 4.69) is 24.4 Å². The fourth-order valence-corrected chi connectivity index (χ4v) is 4.84. The molecule has 0 unspecified atom stereocenters. The molecule has 1 heterocycles. The zero-order valence-electron chi connectivity index (χ0n) is 25.2. The summed E-state index contributed by atoms with van der Waals surface area (Å²) in [6.07, 6.45) is 4.63. The molecule has 12 heteroatoms. The van der Waals surface area contributed by atoms with Crippen molar-refractivity contribution in [1.82, 2.24) is 5.32 Å². The minimum atomic E-state index is -1.83. The standard InChI is InChI=1S/C30H57NO11/c1-2-3-4-5-6-7-8-9-10-11-12-13-14-15-16-17-24(36)31-18-21(34)25(37)29(22(35)19-32)42-30-28(40)27(39)26(38)23(20-33)41-30/h9-10,21-23,25-30,32-35,37-40H,2-8,11-20H2,1H3,(H,31,36)/b10-9-/t21-,22+,23+,25+,26-,27-,28+,29+,30-/m0/s1. The number of carbonyl (C=O) groups excluding carboxylic acids is 1. The van der Waals surface area contributed by atoms with Gasteiger partial charge in [0, 0.05) is 13.0 Å². The summed E-state index contributed by atoms with van der Waals surface area (Å²) in [6, 6.07) is 0. The largest absolute Gasteiger partial charge is 0.394 e. The van der Waals surface area contributed by atoms with Crippen molar-refractivity contribution in [2.45, 2.75) is 152 Å². The highest BCUT2D eigenvalue weighted by atomic mass is 16.7. The maximum Gasteiger partial charge on any atom is 0.220 e. The molecular formula is C30H57NO11. The Bertz CT molecular complexity index is 711. The number of ether oxygens (including phenoxy) is 2. The maximum atomic E-state index is 12.2. The second-order valence-electron chi connectivity index (χ2n) is 11.2. The Kier molecular flexibility index (Phi) is 21.5. The number of allylic oxidation sites excluding steroid dienone is 2. The molecule has 1 rings (SSSR count). The van der Waals surface area contributed by atoms with Gasteiger partial charge in [0.1, 0.15) is 42.7 Å². The number of hydrogen-bond acceptors (Lipinski definition) is 11. The first-order valence-electron chi connectivity index (χ1n) is 15.7. The molecule has 0 aromatic heterocycles. The third kappa shape index (κ3) is 15.0. The third-order valence-corrected chi connectivity index (χ3v) is 7.61. The lowest BCUT2D eigenvalue weighted by molar-refractivity contribution is -0.327. The van der Waals surface area contributed by atoms with E-state index in [9.17, 15) is 45.6 Å². The molecule has 1 aliphatic heterocycles. The van der Waals surface area contributed by atoms with Crippen LogP contribution in [0.5, 0.6) is 0 Å². The molecule has 1 saturated heterocycles. The molecule has 0 spiro atoms. The van der Waals surface area contributed by atoms with Crippen LogP contribution in [0.25, 0.3) is 0 Å². The van der Waals surface area contributed by atoms with Gasteiger partial charge in [0.05, 0.1) is 19.3 Å². The zero-order valence-corrected chi connectivity index (χ0v) is 25.2. The van der Waals surface area contributed by atoms with Crippen LogP contribution < -0.4 is 5.32 Å². The first-order valence-corrected chi connectivity index (χ1v) is 15.7. The van der Waals surface area contributed by atoms with Crippen molar-refractivity contribution in [2.75, 3.05) is 19.8 Å². The molecule has 248 valence electrons. The van der Waals surface area contributed by atoms with Crippen molar-refractivity contribution in [3.63, 3.8) is 0 Å². The Morgan fingerprint density at radius 2 is 1.38 bits per heavy atom. The van der Waals surface area contributed by atoms with Gasteiger partial charge in [-0.1, -0.05) is 70.4 Å². The molecule has 1 amide bonds. The minimum absolute atomic E-state index is 0.255. The van der Waals surface area contributed by atoms with E-state index in [4.69, 9.17) is 9.47 Å². The lowest BCUT2D eigenvalue weighted by Crippen LogP contribution is -2.61. The van der Waals surface area contributed by atoms with E-state index in [0.717, 1.165) is 38.5 Å². The van der Waals surface area contributed by atoms with E-state index in [1.807, 2.05) is 0 Å². The Hall–Kier alpha value is -1.19. The third-order valence-electron chi connectivity index (χ3n) is 7.61. The van der Waals surface area contributed by atoms with Crippen molar-refractivity contribution < 1.29 is 55.1 Å². The predicted octanol–water partition coefficient (Wildman–Crippen LogP) is 0.400. The number of amides is 1. The van der Waals surface area contributed by atoms with Crippen LogP contribution in [-0.4, -0.2) is 122 Å².